The lowest BCUT2D eigenvalue weighted by molar-refractivity contribution is 0.298. The Morgan fingerprint density at radius 2 is 2.20 bits per heavy atom. The zero-order valence-electron chi connectivity index (χ0n) is 11.4. The molecule has 1 aromatic heterocycles. The smallest absolute Gasteiger partial charge is 0.135 e. The van der Waals surface area contributed by atoms with Crippen LogP contribution in [0.3, 0.4) is 0 Å². The molecule has 0 saturated carbocycles. The Morgan fingerprint density at radius 3 is 2.85 bits per heavy atom. The zero-order chi connectivity index (χ0) is 14.4. The summed E-state index contributed by atoms with van der Waals surface area (Å²) >= 11 is 5.59. The number of hydrogen-bond donors (Lipinski definition) is 0. The van der Waals surface area contributed by atoms with Crippen molar-refractivity contribution in [3.05, 3.63) is 41.7 Å². The third-order valence-corrected chi connectivity index (χ3v) is 2.75. The lowest BCUT2D eigenvalue weighted by atomic mass is 10.2. The normalized spacial score (nSPS) is 9.75. The zero-order valence-corrected chi connectivity index (χ0v) is 12.1. The number of aryl methyl sites for hydroxylation is 1. The van der Waals surface area contributed by atoms with Crippen molar-refractivity contribution in [1.29, 1.82) is 0 Å². The van der Waals surface area contributed by atoms with Crippen molar-refractivity contribution in [3.63, 3.8) is 0 Å². The van der Waals surface area contributed by atoms with Gasteiger partial charge in [0.1, 0.15) is 18.1 Å². The van der Waals surface area contributed by atoms with Gasteiger partial charge in [-0.25, -0.2) is 0 Å². The van der Waals surface area contributed by atoms with E-state index in [0.29, 0.717) is 12.4 Å². The number of methoxy groups -OCH3 is 1. The first-order valence-corrected chi connectivity index (χ1v) is 6.60. The Kier molecular flexibility index (Phi) is 4.91. The highest BCUT2D eigenvalue weighted by atomic mass is 35.5. The van der Waals surface area contributed by atoms with Gasteiger partial charge in [0.05, 0.1) is 24.2 Å². The number of nitrogens with zero attached hydrogens (tertiary/aromatic N) is 2. The maximum absolute atomic E-state index is 5.76. The third kappa shape index (κ3) is 3.69. The summed E-state index contributed by atoms with van der Waals surface area (Å²) < 4.78 is 12.7. The fourth-order valence-electron chi connectivity index (χ4n) is 1.68. The number of halogens is 1. The molecule has 0 unspecified atom stereocenters. The average molecular weight is 291 g/mol. The van der Waals surface area contributed by atoms with Gasteiger partial charge in [-0.2, -0.15) is 5.10 Å². The molecule has 0 aliphatic carbocycles. The number of benzene rings is 1. The number of ether oxygens (including phenoxy) is 2. The molecule has 0 spiro atoms. The molecule has 2 rings (SSSR count). The fraction of sp³-hybridized carbons (Fsp3) is 0.267. The van der Waals surface area contributed by atoms with Crippen LogP contribution in [0.2, 0.25) is 0 Å². The number of hydrogen-bond acceptors (Lipinski definition) is 3. The number of rotatable bonds is 4. The molecule has 104 valence electrons. The Balaban J connectivity index is 2.17. The summed E-state index contributed by atoms with van der Waals surface area (Å²) in [7, 11) is 3.48. The van der Waals surface area contributed by atoms with E-state index in [1.54, 1.807) is 11.8 Å². The van der Waals surface area contributed by atoms with Gasteiger partial charge < -0.3 is 9.47 Å². The summed E-state index contributed by atoms with van der Waals surface area (Å²) in [4.78, 5) is 0. The van der Waals surface area contributed by atoms with Crippen molar-refractivity contribution < 1.29 is 9.47 Å². The van der Waals surface area contributed by atoms with Crippen LogP contribution in [0.25, 0.3) is 0 Å². The second-order valence-electron chi connectivity index (χ2n) is 4.07. The van der Waals surface area contributed by atoms with E-state index in [1.807, 2.05) is 37.5 Å². The lowest BCUT2D eigenvalue weighted by Crippen LogP contribution is -1.99. The third-order valence-electron chi connectivity index (χ3n) is 2.62. The maximum atomic E-state index is 5.76. The molecule has 0 atom stereocenters. The largest absolute Gasteiger partial charge is 0.497 e. The van der Waals surface area contributed by atoms with Gasteiger partial charge in [0.2, 0.25) is 0 Å². The van der Waals surface area contributed by atoms with Crippen LogP contribution in [-0.4, -0.2) is 22.8 Å². The van der Waals surface area contributed by atoms with Crippen molar-refractivity contribution in [2.75, 3.05) is 13.0 Å². The molecular formula is C15H15ClN2O2. The Labute approximate surface area is 123 Å². The molecule has 0 aliphatic heterocycles. The highest BCUT2D eigenvalue weighted by Crippen LogP contribution is 2.24. The van der Waals surface area contributed by atoms with Crippen LogP contribution in [0.1, 0.15) is 11.3 Å². The van der Waals surface area contributed by atoms with E-state index in [1.165, 1.54) is 0 Å². The molecule has 20 heavy (non-hydrogen) atoms. The maximum Gasteiger partial charge on any atom is 0.135 e. The molecule has 1 heterocycles. The first-order chi connectivity index (χ1) is 9.72. The van der Waals surface area contributed by atoms with Crippen LogP contribution in [0, 0.1) is 11.8 Å². The monoisotopic (exact) mass is 290 g/mol. The van der Waals surface area contributed by atoms with Gasteiger partial charge in [0, 0.05) is 13.2 Å². The first kappa shape index (κ1) is 14.3. The summed E-state index contributed by atoms with van der Waals surface area (Å²) in [5.74, 6) is 7.48. The van der Waals surface area contributed by atoms with E-state index in [-0.39, 0.29) is 5.88 Å². The molecule has 0 radical (unpaired) electrons. The van der Waals surface area contributed by atoms with Crippen molar-refractivity contribution in [1.82, 2.24) is 9.78 Å². The summed E-state index contributed by atoms with van der Waals surface area (Å²) in [6.45, 7) is 0.392. The van der Waals surface area contributed by atoms with E-state index in [0.717, 1.165) is 17.0 Å². The second-order valence-corrected chi connectivity index (χ2v) is 4.33. The Bertz CT molecular complexity index is 641. The molecule has 0 aliphatic rings. The second kappa shape index (κ2) is 6.88. The van der Waals surface area contributed by atoms with Crippen molar-refractivity contribution in [2.24, 2.45) is 7.05 Å². The molecular weight excluding hydrogens is 276 g/mol. The Morgan fingerprint density at radius 1 is 1.35 bits per heavy atom. The van der Waals surface area contributed by atoms with Crippen LogP contribution in [-0.2, 0) is 13.7 Å². The summed E-state index contributed by atoms with van der Waals surface area (Å²) in [5.41, 5.74) is 1.61. The molecule has 0 N–H and O–H groups in total. The van der Waals surface area contributed by atoms with Crippen LogP contribution in [0.4, 0.5) is 0 Å². The molecule has 0 fully saturated rings. The van der Waals surface area contributed by atoms with Crippen molar-refractivity contribution in [3.8, 4) is 23.3 Å². The van der Waals surface area contributed by atoms with Crippen LogP contribution >= 0.6 is 11.6 Å². The lowest BCUT2D eigenvalue weighted by Gasteiger charge is -2.08. The minimum Gasteiger partial charge on any atom is -0.497 e. The quantitative estimate of drug-likeness (QED) is 0.641. The molecule has 0 saturated heterocycles. The van der Waals surface area contributed by atoms with E-state index in [9.17, 15) is 0 Å². The van der Waals surface area contributed by atoms with Crippen LogP contribution in [0.5, 0.6) is 11.5 Å². The van der Waals surface area contributed by atoms with Crippen LogP contribution in [0.15, 0.2) is 30.5 Å². The highest BCUT2D eigenvalue weighted by Gasteiger charge is 2.05. The van der Waals surface area contributed by atoms with Crippen molar-refractivity contribution in [2.45, 2.75) is 6.61 Å². The standard InChI is InChI=1S/C15H15ClN2O2/c1-18-9-7-13(17-18)11-20-15-6-5-14(19-2)10-12(15)4-3-8-16/h5-7,9-10H,8,11H2,1-2H3. The predicted octanol–water partition coefficient (Wildman–Crippen LogP) is 2.60. The molecule has 1 aromatic carbocycles. The highest BCUT2D eigenvalue weighted by molar-refractivity contribution is 6.19. The topological polar surface area (TPSA) is 36.3 Å². The van der Waals surface area contributed by atoms with Gasteiger partial charge in [0.25, 0.3) is 0 Å². The first-order valence-electron chi connectivity index (χ1n) is 6.07. The molecule has 0 amide bonds. The van der Waals surface area contributed by atoms with E-state index >= 15 is 0 Å². The summed E-state index contributed by atoms with van der Waals surface area (Å²) in [6.07, 6.45) is 1.88. The average Bonchev–Trinajstić information content (AvgIpc) is 2.89. The van der Waals surface area contributed by atoms with E-state index < -0.39 is 0 Å². The minimum absolute atomic E-state index is 0.275. The molecule has 0 bridgehead atoms. The van der Waals surface area contributed by atoms with Gasteiger partial charge in [-0.05, 0) is 24.3 Å². The van der Waals surface area contributed by atoms with Gasteiger partial charge in [0.15, 0.2) is 0 Å². The van der Waals surface area contributed by atoms with Gasteiger partial charge >= 0.3 is 0 Å². The van der Waals surface area contributed by atoms with Gasteiger partial charge in [-0.1, -0.05) is 11.8 Å². The molecule has 2 aromatic rings. The fourth-order valence-corrected chi connectivity index (χ4v) is 1.75. The number of aromatic nitrogens is 2. The van der Waals surface area contributed by atoms with Crippen LogP contribution < -0.4 is 9.47 Å². The number of alkyl halides is 1. The SMILES string of the molecule is COc1ccc(OCc2ccn(C)n2)c(C#CCCl)c1. The van der Waals surface area contributed by atoms with E-state index in [2.05, 4.69) is 16.9 Å². The predicted molar refractivity (Wildman–Crippen MR) is 78.1 cm³/mol. The van der Waals surface area contributed by atoms with E-state index in [4.69, 9.17) is 21.1 Å². The molecule has 5 heteroatoms. The van der Waals surface area contributed by atoms with Crippen molar-refractivity contribution >= 4 is 11.6 Å². The minimum atomic E-state index is 0.275. The van der Waals surface area contributed by atoms with Gasteiger partial charge in [-0.15, -0.1) is 11.6 Å². The molecule has 4 nitrogen and oxygen atoms in total. The summed E-state index contributed by atoms with van der Waals surface area (Å²) in [6, 6.07) is 7.40. The summed E-state index contributed by atoms with van der Waals surface area (Å²) in [5, 5.41) is 4.26. The van der Waals surface area contributed by atoms with Gasteiger partial charge in [-0.3, -0.25) is 4.68 Å². The Hall–Kier alpha value is -2.12.